The highest BCUT2D eigenvalue weighted by Crippen LogP contribution is 2.32. The molecule has 0 unspecified atom stereocenters. The maximum atomic E-state index is 14.8. The van der Waals surface area contributed by atoms with E-state index < -0.39 is 5.82 Å². The van der Waals surface area contributed by atoms with Crippen molar-refractivity contribution in [3.63, 3.8) is 0 Å². The second-order valence-corrected chi connectivity index (χ2v) is 8.62. The van der Waals surface area contributed by atoms with Gasteiger partial charge in [0.25, 0.3) is 0 Å². The van der Waals surface area contributed by atoms with Gasteiger partial charge in [0.2, 0.25) is 0 Å². The molecule has 3 aromatic carbocycles. The monoisotopic (exact) mass is 448 g/mol. The van der Waals surface area contributed by atoms with Gasteiger partial charge in [-0.2, -0.15) is 0 Å². The first-order valence-corrected chi connectivity index (χ1v) is 11.7. The Labute approximate surface area is 194 Å². The number of allylic oxidation sites excluding steroid dienone is 1. The third kappa shape index (κ3) is 5.62. The molecule has 4 heteroatoms. The second kappa shape index (κ2) is 10.7. The van der Waals surface area contributed by atoms with E-state index in [0.29, 0.717) is 36.4 Å². The van der Waals surface area contributed by atoms with Gasteiger partial charge in [0.1, 0.15) is 11.6 Å². The summed E-state index contributed by atoms with van der Waals surface area (Å²) in [5.74, 6) is 1.23. The quantitative estimate of drug-likeness (QED) is 0.324. The molecule has 0 saturated heterocycles. The van der Waals surface area contributed by atoms with Crippen molar-refractivity contribution in [2.45, 2.75) is 32.6 Å². The van der Waals surface area contributed by atoms with E-state index in [1.54, 1.807) is 12.1 Å². The van der Waals surface area contributed by atoms with E-state index >= 15 is 0 Å². The molecule has 1 fully saturated rings. The Balaban J connectivity index is 1.41. The minimum absolute atomic E-state index is 0.242. The smallest absolute Gasteiger partial charge is 0.165 e. The van der Waals surface area contributed by atoms with Gasteiger partial charge in [-0.1, -0.05) is 36.4 Å². The maximum Gasteiger partial charge on any atom is 0.165 e. The first kappa shape index (κ1) is 23.0. The number of rotatable bonds is 8. The van der Waals surface area contributed by atoms with Gasteiger partial charge in [0.15, 0.2) is 11.6 Å². The van der Waals surface area contributed by atoms with Gasteiger partial charge in [-0.3, -0.25) is 0 Å². The van der Waals surface area contributed by atoms with Crippen LogP contribution in [-0.4, -0.2) is 13.2 Å². The fourth-order valence-electron chi connectivity index (χ4n) is 4.42. The third-order valence-corrected chi connectivity index (χ3v) is 6.41. The van der Waals surface area contributed by atoms with Crippen LogP contribution >= 0.6 is 0 Å². The van der Waals surface area contributed by atoms with Crippen LogP contribution in [0.2, 0.25) is 0 Å². The van der Waals surface area contributed by atoms with Crippen molar-refractivity contribution in [1.82, 2.24) is 0 Å². The van der Waals surface area contributed by atoms with Crippen LogP contribution in [0.25, 0.3) is 22.3 Å². The van der Waals surface area contributed by atoms with Crippen LogP contribution in [0.3, 0.4) is 0 Å². The molecule has 2 nitrogen and oxygen atoms in total. The lowest BCUT2D eigenvalue weighted by Gasteiger charge is -2.26. The molecule has 0 radical (unpaired) electrons. The average Bonchev–Trinajstić information content (AvgIpc) is 2.85. The van der Waals surface area contributed by atoms with Crippen molar-refractivity contribution in [2.75, 3.05) is 13.2 Å². The molecule has 33 heavy (non-hydrogen) atoms. The van der Waals surface area contributed by atoms with Crippen LogP contribution < -0.4 is 9.47 Å². The van der Waals surface area contributed by atoms with Crippen molar-refractivity contribution in [1.29, 1.82) is 0 Å². The summed E-state index contributed by atoms with van der Waals surface area (Å²) in [6.45, 7) is 6.74. The molecule has 0 aromatic heterocycles. The summed E-state index contributed by atoms with van der Waals surface area (Å²) in [5, 5.41) is 0. The molecule has 0 amide bonds. The van der Waals surface area contributed by atoms with E-state index in [0.717, 1.165) is 42.4 Å². The van der Waals surface area contributed by atoms with Gasteiger partial charge >= 0.3 is 0 Å². The number of ether oxygens (including phenoxy) is 2. The predicted molar refractivity (Wildman–Crippen MR) is 130 cm³/mol. The van der Waals surface area contributed by atoms with Crippen LogP contribution in [0, 0.1) is 23.5 Å². The summed E-state index contributed by atoms with van der Waals surface area (Å²) in [4.78, 5) is 0. The highest BCUT2D eigenvalue weighted by molar-refractivity contribution is 5.71. The lowest BCUT2D eigenvalue weighted by Crippen LogP contribution is -2.19. The van der Waals surface area contributed by atoms with Crippen LogP contribution in [0.4, 0.5) is 8.78 Å². The Hall–Kier alpha value is -3.14. The van der Waals surface area contributed by atoms with Gasteiger partial charge in [0, 0.05) is 11.6 Å². The maximum absolute atomic E-state index is 14.8. The highest BCUT2D eigenvalue weighted by atomic mass is 19.1. The SMILES string of the molecule is C=CC1CCC(COc2ccc(-c3ccc(-c4ccc(OCC)c(F)c4)cc3)c(F)c2)CC1. The predicted octanol–water partition coefficient (Wildman–Crippen LogP) is 8.07. The second-order valence-electron chi connectivity index (χ2n) is 8.62. The zero-order chi connectivity index (χ0) is 23.2. The number of hydrogen-bond acceptors (Lipinski definition) is 2. The van der Waals surface area contributed by atoms with E-state index in [2.05, 4.69) is 6.58 Å². The summed E-state index contributed by atoms with van der Waals surface area (Å²) in [5.41, 5.74) is 2.87. The topological polar surface area (TPSA) is 18.5 Å². The largest absolute Gasteiger partial charge is 0.493 e. The molecule has 0 N–H and O–H groups in total. The highest BCUT2D eigenvalue weighted by Gasteiger charge is 2.20. The summed E-state index contributed by atoms with van der Waals surface area (Å²) in [6, 6.07) is 17.4. The molecule has 1 aliphatic rings. The van der Waals surface area contributed by atoms with E-state index in [4.69, 9.17) is 9.47 Å². The third-order valence-electron chi connectivity index (χ3n) is 6.41. The number of benzene rings is 3. The molecular weight excluding hydrogens is 418 g/mol. The summed E-state index contributed by atoms with van der Waals surface area (Å²) in [6.07, 6.45) is 6.62. The van der Waals surface area contributed by atoms with Gasteiger partial charge < -0.3 is 9.47 Å². The molecule has 0 aliphatic heterocycles. The van der Waals surface area contributed by atoms with Gasteiger partial charge in [-0.15, -0.1) is 6.58 Å². The fraction of sp³-hybridized carbons (Fsp3) is 0.310. The molecule has 1 saturated carbocycles. The molecule has 172 valence electrons. The average molecular weight is 449 g/mol. The normalized spacial score (nSPS) is 18.0. The molecular formula is C29H30F2O2. The van der Waals surface area contributed by atoms with Gasteiger partial charge in [0.05, 0.1) is 13.2 Å². The van der Waals surface area contributed by atoms with Gasteiger partial charge in [-0.25, -0.2) is 8.78 Å². The van der Waals surface area contributed by atoms with E-state index in [1.165, 1.54) is 12.1 Å². The zero-order valence-corrected chi connectivity index (χ0v) is 19.0. The lowest BCUT2D eigenvalue weighted by molar-refractivity contribution is 0.194. The Morgan fingerprint density at radius 2 is 1.52 bits per heavy atom. The van der Waals surface area contributed by atoms with E-state index in [-0.39, 0.29) is 11.6 Å². The van der Waals surface area contributed by atoms with Crippen LogP contribution in [0.5, 0.6) is 11.5 Å². The molecule has 0 bridgehead atoms. The standard InChI is InChI=1S/C29H30F2O2/c1-3-20-5-7-21(8-6-20)19-33-25-14-15-26(27(30)18-25)23-11-9-22(10-12-23)24-13-16-29(32-4-2)28(31)17-24/h3,9-18,20-21H,1,4-8,19H2,2H3. The molecule has 3 aromatic rings. The Bertz CT molecular complexity index is 1080. The van der Waals surface area contributed by atoms with Crippen molar-refractivity contribution in [2.24, 2.45) is 11.8 Å². The van der Waals surface area contributed by atoms with Crippen LogP contribution in [-0.2, 0) is 0 Å². The van der Waals surface area contributed by atoms with Crippen LogP contribution in [0.1, 0.15) is 32.6 Å². The zero-order valence-electron chi connectivity index (χ0n) is 19.0. The molecule has 0 heterocycles. The molecule has 0 spiro atoms. The van der Waals surface area contributed by atoms with Crippen LogP contribution in [0.15, 0.2) is 73.3 Å². The lowest BCUT2D eigenvalue weighted by atomic mass is 9.82. The summed E-state index contributed by atoms with van der Waals surface area (Å²) < 4.78 is 40.2. The van der Waals surface area contributed by atoms with Crippen molar-refractivity contribution in [3.05, 3.63) is 85.0 Å². The molecule has 4 rings (SSSR count). The minimum atomic E-state index is -0.395. The Morgan fingerprint density at radius 1 is 0.818 bits per heavy atom. The van der Waals surface area contributed by atoms with Crippen molar-refractivity contribution in [3.8, 4) is 33.8 Å². The van der Waals surface area contributed by atoms with E-state index in [1.807, 2.05) is 49.4 Å². The summed E-state index contributed by atoms with van der Waals surface area (Å²) in [7, 11) is 0. The summed E-state index contributed by atoms with van der Waals surface area (Å²) >= 11 is 0. The Kier molecular flexibility index (Phi) is 7.43. The number of hydrogen-bond donors (Lipinski definition) is 0. The van der Waals surface area contributed by atoms with E-state index in [9.17, 15) is 8.78 Å². The first-order valence-electron chi connectivity index (χ1n) is 11.7. The van der Waals surface area contributed by atoms with Gasteiger partial charge in [-0.05, 0) is 85.4 Å². The molecule has 1 aliphatic carbocycles. The molecule has 0 atom stereocenters. The van der Waals surface area contributed by atoms with Crippen molar-refractivity contribution >= 4 is 0 Å². The first-order chi connectivity index (χ1) is 16.1. The minimum Gasteiger partial charge on any atom is -0.493 e. The van der Waals surface area contributed by atoms with Crippen molar-refractivity contribution < 1.29 is 18.3 Å². The fourth-order valence-corrected chi connectivity index (χ4v) is 4.42. The Morgan fingerprint density at radius 3 is 2.15 bits per heavy atom. The number of halogens is 2.